The summed E-state index contributed by atoms with van der Waals surface area (Å²) >= 11 is 0. The Kier molecular flexibility index (Phi) is 7.56. The van der Waals surface area contributed by atoms with Gasteiger partial charge in [-0.2, -0.15) is 8.78 Å². The van der Waals surface area contributed by atoms with E-state index in [1.165, 1.54) is 24.3 Å². The van der Waals surface area contributed by atoms with E-state index >= 15 is 0 Å². The summed E-state index contributed by atoms with van der Waals surface area (Å²) in [5.41, 5.74) is 6.34. The van der Waals surface area contributed by atoms with E-state index in [1.807, 2.05) is 0 Å². The molecule has 2 rings (SSSR count). The summed E-state index contributed by atoms with van der Waals surface area (Å²) in [6.45, 7) is 1.04. The quantitative estimate of drug-likeness (QED) is 0.846. The smallest absolute Gasteiger partial charge is 0.334 e. The van der Waals surface area contributed by atoms with Crippen LogP contribution in [-0.2, 0) is 15.6 Å². The molecular weight excluding hydrogens is 362 g/mol. The van der Waals surface area contributed by atoms with Crippen LogP contribution in [0, 0.1) is 0 Å². The van der Waals surface area contributed by atoms with Crippen molar-refractivity contribution in [1.29, 1.82) is 0 Å². The van der Waals surface area contributed by atoms with Crippen molar-refractivity contribution in [2.24, 2.45) is 5.73 Å². The molecule has 0 radical (unpaired) electrons. The first-order chi connectivity index (χ1) is 10.8. The van der Waals surface area contributed by atoms with E-state index in [9.17, 15) is 22.0 Å². The molecule has 1 unspecified atom stereocenters. The van der Waals surface area contributed by atoms with Gasteiger partial charge in [-0.3, -0.25) is 4.79 Å². The lowest BCUT2D eigenvalue weighted by atomic mass is 10.0. The molecule has 1 aromatic rings. The first-order valence-corrected chi connectivity index (χ1v) is 9.16. The Morgan fingerprint density at radius 1 is 1.25 bits per heavy atom. The number of carbonyl (C=O) groups is 1. The van der Waals surface area contributed by atoms with Crippen LogP contribution in [0.2, 0.25) is 0 Å². The number of nitrogens with zero attached hydrogens (tertiary/aromatic N) is 1. The Balaban J connectivity index is 0.00000288. The van der Waals surface area contributed by atoms with Gasteiger partial charge in [0.2, 0.25) is 9.84 Å². The van der Waals surface area contributed by atoms with Gasteiger partial charge in [0.05, 0.1) is 5.75 Å². The van der Waals surface area contributed by atoms with Gasteiger partial charge in [0, 0.05) is 24.7 Å². The van der Waals surface area contributed by atoms with Gasteiger partial charge >= 0.3 is 5.76 Å². The minimum absolute atomic E-state index is 0. The van der Waals surface area contributed by atoms with Gasteiger partial charge in [-0.1, -0.05) is 12.1 Å². The molecule has 1 amide bonds. The number of carbonyl (C=O) groups excluding carboxylic acids is 1. The summed E-state index contributed by atoms with van der Waals surface area (Å²) in [6.07, 6.45) is 2.83. The highest BCUT2D eigenvalue weighted by Gasteiger charge is 2.27. The number of amides is 1. The molecule has 9 heteroatoms. The minimum atomic E-state index is -4.46. The molecule has 1 atom stereocenters. The maximum absolute atomic E-state index is 12.5. The third kappa shape index (κ3) is 4.87. The van der Waals surface area contributed by atoms with Crippen LogP contribution in [-0.4, -0.2) is 44.1 Å². The Morgan fingerprint density at radius 2 is 1.88 bits per heavy atom. The summed E-state index contributed by atoms with van der Waals surface area (Å²) in [6, 6.07) is 5.75. The number of likely N-dealkylation sites (tertiary alicyclic amines) is 1. The van der Waals surface area contributed by atoms with Crippen molar-refractivity contribution in [2.75, 3.05) is 13.1 Å². The Morgan fingerprint density at radius 3 is 2.42 bits per heavy atom. The van der Waals surface area contributed by atoms with Crippen LogP contribution in [0.1, 0.15) is 35.2 Å². The summed E-state index contributed by atoms with van der Waals surface area (Å²) < 4.78 is 47.2. The Hall–Kier alpha value is -1.25. The van der Waals surface area contributed by atoms with Crippen LogP contribution in [0.15, 0.2) is 24.3 Å². The van der Waals surface area contributed by atoms with Gasteiger partial charge in [0.1, 0.15) is 0 Å². The number of nitrogens with two attached hydrogens (primary N) is 1. The van der Waals surface area contributed by atoms with Gasteiger partial charge in [0.15, 0.2) is 0 Å². The molecule has 0 spiro atoms. The first kappa shape index (κ1) is 20.8. The highest BCUT2D eigenvalue weighted by molar-refractivity contribution is 7.90. The highest BCUT2D eigenvalue weighted by atomic mass is 35.5. The molecule has 2 N–H and O–H groups in total. The maximum Gasteiger partial charge on any atom is 0.337 e. The maximum atomic E-state index is 12.5. The van der Waals surface area contributed by atoms with E-state index in [1.54, 1.807) is 4.90 Å². The van der Waals surface area contributed by atoms with E-state index in [-0.39, 0.29) is 29.9 Å². The Labute approximate surface area is 146 Å². The number of piperidine rings is 1. The van der Waals surface area contributed by atoms with E-state index in [4.69, 9.17) is 5.73 Å². The van der Waals surface area contributed by atoms with Gasteiger partial charge < -0.3 is 10.6 Å². The van der Waals surface area contributed by atoms with Crippen LogP contribution in [0.4, 0.5) is 8.78 Å². The fourth-order valence-corrected chi connectivity index (χ4v) is 3.50. The lowest BCUT2D eigenvalue weighted by Gasteiger charge is -2.35. The van der Waals surface area contributed by atoms with Gasteiger partial charge in [-0.25, -0.2) is 8.42 Å². The zero-order valence-corrected chi connectivity index (χ0v) is 14.7. The highest BCUT2D eigenvalue weighted by Crippen LogP contribution is 2.20. The zero-order valence-electron chi connectivity index (χ0n) is 13.0. The van der Waals surface area contributed by atoms with Crippen molar-refractivity contribution in [3.8, 4) is 0 Å². The third-order valence-electron chi connectivity index (χ3n) is 4.00. The number of hydrogen-bond acceptors (Lipinski definition) is 4. The molecule has 1 aliphatic heterocycles. The average Bonchev–Trinajstić information content (AvgIpc) is 2.54. The molecule has 1 heterocycles. The molecule has 1 fully saturated rings. The fraction of sp³-hybridized carbons (Fsp3) is 0.533. The molecular formula is C15H21ClF2N2O3S. The number of alkyl halides is 2. The van der Waals surface area contributed by atoms with Gasteiger partial charge in [0.25, 0.3) is 5.91 Å². The van der Waals surface area contributed by atoms with Gasteiger partial charge in [-0.15, -0.1) is 12.4 Å². The monoisotopic (exact) mass is 382 g/mol. The number of halogens is 3. The molecule has 0 aliphatic carbocycles. The molecule has 0 aromatic heterocycles. The normalized spacial score (nSPS) is 18.3. The molecule has 0 saturated carbocycles. The van der Waals surface area contributed by atoms with E-state index in [0.717, 1.165) is 19.3 Å². The van der Waals surface area contributed by atoms with Gasteiger partial charge in [-0.05, 0) is 37.0 Å². The van der Waals surface area contributed by atoms with Crippen LogP contribution in [0.25, 0.3) is 0 Å². The van der Waals surface area contributed by atoms with Crippen molar-refractivity contribution >= 4 is 28.2 Å². The summed E-state index contributed by atoms with van der Waals surface area (Å²) in [7, 11) is -4.46. The second-order valence-electron chi connectivity index (χ2n) is 5.65. The minimum Gasteiger partial charge on any atom is -0.334 e. The van der Waals surface area contributed by atoms with Crippen molar-refractivity contribution in [1.82, 2.24) is 4.90 Å². The van der Waals surface area contributed by atoms with Crippen LogP contribution < -0.4 is 5.73 Å². The SMILES string of the molecule is Cl.NCC1CCCCN1C(=O)c1ccc(CS(=O)(=O)C(F)F)cc1. The van der Waals surface area contributed by atoms with E-state index < -0.39 is 21.3 Å². The molecule has 1 aromatic carbocycles. The fourth-order valence-electron chi connectivity index (χ4n) is 2.72. The average molecular weight is 383 g/mol. The van der Waals surface area contributed by atoms with Crippen LogP contribution >= 0.6 is 12.4 Å². The predicted molar refractivity (Wildman–Crippen MR) is 90.0 cm³/mol. The van der Waals surface area contributed by atoms with E-state index in [2.05, 4.69) is 0 Å². The molecule has 0 bridgehead atoms. The molecule has 1 aliphatic rings. The standard InChI is InChI=1S/C15H20F2N2O3S.ClH/c16-15(17)23(21,22)10-11-4-6-12(7-5-11)14(20)19-8-2-1-3-13(19)9-18;/h4-7,13,15H,1-3,8-10,18H2;1H. The number of rotatable bonds is 5. The van der Waals surface area contributed by atoms with Crippen molar-refractivity contribution in [2.45, 2.75) is 36.8 Å². The number of benzene rings is 1. The third-order valence-corrected chi connectivity index (χ3v) is 5.28. The van der Waals surface area contributed by atoms with Crippen LogP contribution in [0.3, 0.4) is 0 Å². The predicted octanol–water partition coefficient (Wildman–Crippen LogP) is 2.20. The molecule has 136 valence electrons. The number of sulfone groups is 1. The van der Waals surface area contributed by atoms with E-state index in [0.29, 0.717) is 18.7 Å². The summed E-state index contributed by atoms with van der Waals surface area (Å²) in [5.74, 6) is -4.31. The summed E-state index contributed by atoms with van der Waals surface area (Å²) in [5, 5.41) is 0. The largest absolute Gasteiger partial charge is 0.337 e. The first-order valence-electron chi connectivity index (χ1n) is 7.45. The number of hydrogen-bond donors (Lipinski definition) is 1. The van der Waals surface area contributed by atoms with Crippen molar-refractivity contribution in [3.05, 3.63) is 35.4 Å². The second-order valence-corrected chi connectivity index (χ2v) is 7.62. The summed E-state index contributed by atoms with van der Waals surface area (Å²) in [4.78, 5) is 14.2. The zero-order chi connectivity index (χ0) is 17.0. The Bertz CT molecular complexity index is 653. The molecule has 1 saturated heterocycles. The molecule has 24 heavy (non-hydrogen) atoms. The molecule has 5 nitrogen and oxygen atoms in total. The van der Waals surface area contributed by atoms with Crippen molar-refractivity contribution in [3.63, 3.8) is 0 Å². The second kappa shape index (κ2) is 8.73. The van der Waals surface area contributed by atoms with Crippen LogP contribution in [0.5, 0.6) is 0 Å². The topological polar surface area (TPSA) is 80.5 Å². The lowest BCUT2D eigenvalue weighted by Crippen LogP contribution is -2.47. The lowest BCUT2D eigenvalue weighted by molar-refractivity contribution is 0.0623. The van der Waals surface area contributed by atoms with Crippen molar-refractivity contribution < 1.29 is 22.0 Å².